The number of phosphoric acid groups is 1. The van der Waals surface area contributed by atoms with Crippen LogP contribution >= 0.6 is 7.82 Å². The zero-order valence-electron chi connectivity index (χ0n) is 11.0. The SMILES string of the molecule is C=C(C)C(=O)OC(CC)OP(=O)(O)OCCCC.[NaH]. The van der Waals surface area contributed by atoms with Crippen LogP contribution in [-0.4, -0.2) is 53.3 Å². The second-order valence-corrected chi connectivity index (χ2v) is 5.19. The Bertz CT molecular complexity index is 333. The third-order valence-corrected chi connectivity index (χ3v) is 2.93. The Morgan fingerprint density at radius 1 is 1.42 bits per heavy atom. The molecule has 0 fully saturated rings. The van der Waals surface area contributed by atoms with Gasteiger partial charge in [0.25, 0.3) is 0 Å². The first kappa shape index (κ1) is 21.6. The van der Waals surface area contributed by atoms with E-state index in [0.717, 1.165) is 6.42 Å². The van der Waals surface area contributed by atoms with Crippen LogP contribution < -0.4 is 0 Å². The minimum atomic E-state index is -4.19. The third-order valence-electron chi connectivity index (χ3n) is 1.92. The summed E-state index contributed by atoms with van der Waals surface area (Å²) in [5.74, 6) is -0.671. The van der Waals surface area contributed by atoms with Gasteiger partial charge in [-0.3, -0.25) is 4.52 Å². The predicted molar refractivity (Wildman–Crippen MR) is 73.9 cm³/mol. The number of phosphoric ester groups is 1. The molecule has 1 N–H and O–H groups in total. The van der Waals surface area contributed by atoms with E-state index in [0.29, 0.717) is 6.42 Å². The molecule has 0 saturated heterocycles. The summed E-state index contributed by atoms with van der Waals surface area (Å²) in [6.45, 7) is 8.59. The van der Waals surface area contributed by atoms with E-state index in [1.54, 1.807) is 6.92 Å². The summed E-state index contributed by atoms with van der Waals surface area (Å²) < 4.78 is 25.8. The van der Waals surface area contributed by atoms with Crippen molar-refractivity contribution in [1.29, 1.82) is 0 Å². The van der Waals surface area contributed by atoms with E-state index >= 15 is 0 Å². The molecule has 0 aliphatic heterocycles. The molecule has 0 aromatic carbocycles. The molecule has 2 unspecified atom stereocenters. The van der Waals surface area contributed by atoms with Gasteiger partial charge in [0.2, 0.25) is 6.29 Å². The van der Waals surface area contributed by atoms with E-state index in [2.05, 4.69) is 6.58 Å². The van der Waals surface area contributed by atoms with E-state index in [1.807, 2.05) is 6.92 Å². The van der Waals surface area contributed by atoms with Crippen molar-refractivity contribution in [2.24, 2.45) is 0 Å². The summed E-state index contributed by atoms with van der Waals surface area (Å²) in [5, 5.41) is 0. The van der Waals surface area contributed by atoms with Crippen LogP contribution in [0.1, 0.15) is 40.0 Å². The van der Waals surface area contributed by atoms with Gasteiger partial charge in [0.15, 0.2) is 0 Å². The molecule has 0 aliphatic rings. The van der Waals surface area contributed by atoms with Crippen molar-refractivity contribution in [2.45, 2.75) is 46.3 Å². The Morgan fingerprint density at radius 2 is 2.00 bits per heavy atom. The zero-order chi connectivity index (χ0) is 14.2. The number of ether oxygens (including phenoxy) is 1. The first-order chi connectivity index (χ1) is 8.32. The van der Waals surface area contributed by atoms with Gasteiger partial charge in [-0.05, 0) is 13.3 Å². The van der Waals surface area contributed by atoms with Gasteiger partial charge in [0.1, 0.15) is 0 Å². The van der Waals surface area contributed by atoms with Gasteiger partial charge in [0, 0.05) is 12.0 Å². The molecule has 0 bridgehead atoms. The fourth-order valence-corrected chi connectivity index (χ4v) is 1.81. The maximum atomic E-state index is 11.5. The van der Waals surface area contributed by atoms with Crippen molar-refractivity contribution in [2.75, 3.05) is 6.61 Å². The van der Waals surface area contributed by atoms with Crippen molar-refractivity contribution in [3.8, 4) is 0 Å². The maximum absolute atomic E-state index is 11.5. The number of hydrogen-bond acceptors (Lipinski definition) is 5. The van der Waals surface area contributed by atoms with E-state index in [-0.39, 0.29) is 48.2 Å². The number of esters is 1. The van der Waals surface area contributed by atoms with Crippen molar-refractivity contribution in [3.05, 3.63) is 12.2 Å². The minimum absolute atomic E-state index is 0. The van der Waals surface area contributed by atoms with Crippen molar-refractivity contribution < 1.29 is 28.0 Å². The molecule has 108 valence electrons. The van der Waals surface area contributed by atoms with Gasteiger partial charge >= 0.3 is 43.3 Å². The normalized spacial score (nSPS) is 14.9. The van der Waals surface area contributed by atoms with E-state index < -0.39 is 20.1 Å². The van der Waals surface area contributed by atoms with E-state index in [9.17, 15) is 14.3 Å². The number of unbranched alkanes of at least 4 members (excludes halogenated alkanes) is 1. The Balaban J connectivity index is 0. The van der Waals surface area contributed by atoms with Gasteiger partial charge in [-0.1, -0.05) is 26.8 Å². The summed E-state index contributed by atoms with van der Waals surface area (Å²) >= 11 is 0. The van der Waals surface area contributed by atoms with Gasteiger partial charge < -0.3 is 9.63 Å². The molecule has 8 heteroatoms. The zero-order valence-corrected chi connectivity index (χ0v) is 11.9. The van der Waals surface area contributed by atoms with Gasteiger partial charge in [-0.25, -0.2) is 13.9 Å². The van der Waals surface area contributed by atoms with Crippen LogP contribution in [0.25, 0.3) is 0 Å². The third kappa shape index (κ3) is 10.7. The quantitative estimate of drug-likeness (QED) is 0.175. The van der Waals surface area contributed by atoms with E-state index in [4.69, 9.17) is 13.8 Å². The molecule has 0 aromatic heterocycles. The summed E-state index contributed by atoms with van der Waals surface area (Å²) in [6, 6.07) is 0. The van der Waals surface area contributed by atoms with Crippen molar-refractivity contribution >= 4 is 43.3 Å². The number of rotatable bonds is 9. The van der Waals surface area contributed by atoms with Gasteiger partial charge in [-0.15, -0.1) is 0 Å². The average molecular weight is 304 g/mol. The molecule has 0 saturated carbocycles. The molecule has 6 nitrogen and oxygen atoms in total. The number of carbonyl (C=O) groups is 1. The molecule has 0 rings (SSSR count). The first-order valence-electron chi connectivity index (χ1n) is 5.84. The standard InChI is InChI=1S/C11H21O6P.Na.H/c1-5-7-8-15-18(13,14)17-10(6-2)16-11(12)9(3)4;;/h10H,3,5-8H2,1-2,4H3,(H,13,14);;. The second kappa shape index (κ2) is 11.0. The van der Waals surface area contributed by atoms with Gasteiger partial charge in [-0.2, -0.15) is 0 Å². The monoisotopic (exact) mass is 304 g/mol. The topological polar surface area (TPSA) is 82.1 Å². The average Bonchev–Trinajstić information content (AvgIpc) is 2.27. The van der Waals surface area contributed by atoms with Crippen LogP contribution in [0.15, 0.2) is 12.2 Å². The van der Waals surface area contributed by atoms with Crippen LogP contribution in [-0.2, 0) is 23.1 Å². The van der Waals surface area contributed by atoms with E-state index in [1.165, 1.54) is 6.92 Å². The second-order valence-electron chi connectivity index (χ2n) is 3.78. The summed E-state index contributed by atoms with van der Waals surface area (Å²) in [4.78, 5) is 20.6. The summed E-state index contributed by atoms with van der Waals surface area (Å²) in [6.07, 6.45) is 0.602. The van der Waals surface area contributed by atoms with Crippen LogP contribution in [0.4, 0.5) is 0 Å². The Labute approximate surface area is 136 Å². The Kier molecular flexibility index (Phi) is 12.5. The number of hydrogen-bond donors (Lipinski definition) is 1. The number of carbonyl (C=O) groups excluding carboxylic acids is 1. The Hall–Kier alpha value is 0.320. The fraction of sp³-hybridized carbons (Fsp3) is 0.727. The molecule has 0 aromatic rings. The molecular formula is C11H22NaO6P. The molecule has 0 amide bonds. The molecule has 0 spiro atoms. The fourth-order valence-electron chi connectivity index (χ4n) is 0.903. The Morgan fingerprint density at radius 3 is 2.42 bits per heavy atom. The first-order valence-corrected chi connectivity index (χ1v) is 7.34. The molecule has 2 atom stereocenters. The van der Waals surface area contributed by atoms with Crippen molar-refractivity contribution in [1.82, 2.24) is 0 Å². The van der Waals surface area contributed by atoms with Gasteiger partial charge in [0.05, 0.1) is 6.61 Å². The van der Waals surface area contributed by atoms with Crippen LogP contribution in [0.3, 0.4) is 0 Å². The molecule has 0 aliphatic carbocycles. The van der Waals surface area contributed by atoms with Crippen LogP contribution in [0, 0.1) is 0 Å². The van der Waals surface area contributed by atoms with Crippen LogP contribution in [0.2, 0.25) is 0 Å². The van der Waals surface area contributed by atoms with Crippen LogP contribution in [0.5, 0.6) is 0 Å². The summed E-state index contributed by atoms with van der Waals surface area (Å²) in [7, 11) is -4.19. The summed E-state index contributed by atoms with van der Waals surface area (Å²) in [5.41, 5.74) is 0.191. The molecular weight excluding hydrogens is 282 g/mol. The molecule has 0 heterocycles. The predicted octanol–water partition coefficient (Wildman–Crippen LogP) is 2.13. The van der Waals surface area contributed by atoms with Crippen molar-refractivity contribution in [3.63, 3.8) is 0 Å². The molecule has 19 heavy (non-hydrogen) atoms. The molecule has 0 radical (unpaired) electrons.